The smallest absolute Gasteiger partial charge is 0.332 e. The summed E-state index contributed by atoms with van der Waals surface area (Å²) in [4.78, 5) is 119. The lowest BCUT2D eigenvalue weighted by Crippen LogP contribution is -2.37. The number of amides is 1. The molecule has 0 saturated carbocycles. The molecule has 26 nitrogen and oxygen atoms in total. The van der Waals surface area contributed by atoms with Gasteiger partial charge in [-0.15, -0.1) is 0 Å². The predicted molar refractivity (Wildman–Crippen MR) is 263 cm³/mol. The lowest BCUT2D eigenvalue weighted by atomic mass is 10.2. The molecule has 0 unspecified atom stereocenters. The number of nitrogens with one attached hydrogen (secondary N) is 1. The van der Waals surface area contributed by atoms with Crippen LogP contribution in [-0.4, -0.2) is 114 Å². The van der Waals surface area contributed by atoms with E-state index >= 15 is 0 Å². The van der Waals surface area contributed by atoms with Crippen LogP contribution >= 0.6 is 11.6 Å². The summed E-state index contributed by atoms with van der Waals surface area (Å²) in [7, 11) is 5.77. The van der Waals surface area contributed by atoms with E-state index in [1.807, 2.05) is 0 Å². The highest BCUT2D eigenvalue weighted by Gasteiger charge is 2.24. The summed E-state index contributed by atoms with van der Waals surface area (Å²) < 4.78 is 7.17. The van der Waals surface area contributed by atoms with Crippen LogP contribution in [0.4, 0.5) is 23.5 Å². The Morgan fingerprint density at radius 3 is 1.52 bits per heavy atom. The van der Waals surface area contributed by atoms with Crippen LogP contribution in [0.2, 0.25) is 0 Å². The molecular formula is C44H49ClN20O6. The van der Waals surface area contributed by atoms with Crippen LogP contribution in [0.15, 0.2) is 81.1 Å². The van der Waals surface area contributed by atoms with Gasteiger partial charge in [0, 0.05) is 90.5 Å². The summed E-state index contributed by atoms with van der Waals surface area (Å²) in [6.45, 7) is 5.97. The van der Waals surface area contributed by atoms with Gasteiger partial charge in [0.1, 0.15) is 18.2 Å². The molecule has 368 valence electrons. The minimum atomic E-state index is -0.611. The highest BCUT2D eigenvalue weighted by atomic mass is 35.5. The van der Waals surface area contributed by atoms with E-state index < -0.39 is 33.6 Å². The monoisotopic (exact) mass is 988 g/mol. The number of nitrogens with two attached hydrogens (primary N) is 1. The van der Waals surface area contributed by atoms with Gasteiger partial charge in [-0.05, 0) is 63.3 Å². The molecule has 2 saturated heterocycles. The standard InChI is InChI=1S/C22H24N10O3.C13H16N6.C9H9ClN4O3/c1-13-5-4-8-32(13)21-24-9-14(10-25-21)18-23-7-6-15(28-18)27-16(33)11-31-12-26-19-17(31)20(34)30(3)22(35)29(19)2;1-9-3-2-6-19(9)13-16-7-10(8-17-13)12-15-5-4-11(14)18-12;1-12-7-6(8(16)13(2)9(12)17)14(4-11-7)3-5(10)15/h6-7,9-10,12-13H,4-5,8,11H2,1-3H3,(H,23,27,28,33);4-5,7-9H,2-3,6H2,1H3,(H2,14,15,18);4H,3H2,1-2H3/t13-;9-;/m11./s1. The van der Waals surface area contributed by atoms with Crippen LogP contribution in [0, 0.1) is 0 Å². The molecule has 8 aromatic heterocycles. The van der Waals surface area contributed by atoms with Crippen LogP contribution in [0.1, 0.15) is 39.5 Å². The molecule has 8 aromatic rings. The van der Waals surface area contributed by atoms with Crippen molar-refractivity contribution in [1.29, 1.82) is 0 Å². The van der Waals surface area contributed by atoms with Crippen molar-refractivity contribution < 1.29 is 9.59 Å². The van der Waals surface area contributed by atoms with E-state index in [9.17, 15) is 28.8 Å². The number of carbonyl (C=O) groups excluding carboxylic acids is 2. The van der Waals surface area contributed by atoms with Gasteiger partial charge in [-0.2, -0.15) is 0 Å². The van der Waals surface area contributed by atoms with Crippen LogP contribution in [0.3, 0.4) is 0 Å². The number of carbonyl (C=O) groups is 2. The van der Waals surface area contributed by atoms with Crippen LogP contribution in [0.5, 0.6) is 0 Å². The number of anilines is 4. The van der Waals surface area contributed by atoms with Crippen molar-refractivity contribution in [2.75, 3.05) is 33.9 Å². The highest BCUT2D eigenvalue weighted by molar-refractivity contribution is 6.63. The molecule has 0 spiro atoms. The summed E-state index contributed by atoms with van der Waals surface area (Å²) in [5.41, 5.74) is 5.86. The van der Waals surface area contributed by atoms with Crippen molar-refractivity contribution >= 4 is 68.6 Å². The normalized spacial score (nSPS) is 15.4. The first kappa shape index (κ1) is 48.9. The van der Waals surface area contributed by atoms with Gasteiger partial charge in [-0.3, -0.25) is 37.4 Å². The first-order chi connectivity index (χ1) is 34.0. The molecule has 71 heavy (non-hydrogen) atoms. The number of aryl methyl sites for hydroxylation is 2. The lowest BCUT2D eigenvalue weighted by molar-refractivity contribution is -0.116. The maximum absolute atomic E-state index is 12.7. The number of imidazole rings is 2. The Hall–Kier alpha value is -8.55. The second-order valence-corrected chi connectivity index (χ2v) is 17.3. The second kappa shape index (κ2) is 20.6. The number of rotatable bonds is 9. The van der Waals surface area contributed by atoms with E-state index in [0.717, 1.165) is 46.6 Å². The minimum Gasteiger partial charge on any atom is -0.384 e. The number of nitrogens with zero attached hydrogens (tertiary/aromatic N) is 18. The van der Waals surface area contributed by atoms with E-state index in [1.54, 1.807) is 43.1 Å². The van der Waals surface area contributed by atoms with Crippen LogP contribution < -0.4 is 43.3 Å². The number of hydrogen-bond donors (Lipinski definition) is 2. The third-order valence-electron chi connectivity index (χ3n) is 12.1. The molecule has 2 aliphatic heterocycles. The Balaban J connectivity index is 0.000000158. The Labute approximate surface area is 407 Å². The van der Waals surface area contributed by atoms with Crippen molar-refractivity contribution in [1.82, 2.24) is 77.2 Å². The third-order valence-corrected chi connectivity index (χ3v) is 12.2. The second-order valence-electron chi connectivity index (χ2n) is 16.9. The molecule has 0 aliphatic carbocycles. The largest absolute Gasteiger partial charge is 0.384 e. The van der Waals surface area contributed by atoms with E-state index in [-0.39, 0.29) is 35.4 Å². The molecule has 2 fully saturated rings. The number of hydrogen-bond acceptors (Lipinski definition) is 19. The fraction of sp³-hybridized carbons (Fsp3) is 0.364. The van der Waals surface area contributed by atoms with Crippen LogP contribution in [0.25, 0.3) is 45.1 Å². The molecule has 0 aromatic carbocycles. The van der Waals surface area contributed by atoms with E-state index in [0.29, 0.717) is 46.9 Å². The maximum Gasteiger partial charge on any atom is 0.332 e. The molecule has 10 rings (SSSR count). The van der Waals surface area contributed by atoms with Gasteiger partial charge in [0.25, 0.3) is 11.1 Å². The Bertz CT molecular complexity index is 3530. The molecule has 2 atom stereocenters. The van der Waals surface area contributed by atoms with Gasteiger partial charge in [0.2, 0.25) is 23.0 Å². The zero-order valence-electron chi connectivity index (χ0n) is 39.5. The minimum absolute atomic E-state index is 0.161. The van der Waals surface area contributed by atoms with Crippen LogP contribution in [-0.2, 0) is 50.9 Å². The van der Waals surface area contributed by atoms with Crippen molar-refractivity contribution in [3.63, 3.8) is 0 Å². The number of halogens is 1. The van der Waals surface area contributed by atoms with Gasteiger partial charge in [0.05, 0.1) is 30.3 Å². The van der Waals surface area contributed by atoms with Gasteiger partial charge in [-0.1, -0.05) is 0 Å². The average Bonchev–Trinajstić information content (AvgIpc) is 4.19. The lowest BCUT2D eigenvalue weighted by Gasteiger charge is -2.20. The Morgan fingerprint density at radius 1 is 0.634 bits per heavy atom. The SMILES string of the molecule is C[C@@H]1CCCN1c1ncc(-c2nccc(N)n2)cn1.C[C@@H]1CCCN1c1ncc(-c2nccc(NC(=O)Cn3cnc4c3c(=O)n(C)c(=O)n4C)n2)cn1.Cn1c(=O)c2c(ncn2CC(=O)Cl)n(C)c1=O. The quantitative estimate of drug-likeness (QED) is 0.191. The van der Waals surface area contributed by atoms with E-state index in [4.69, 9.17) is 17.3 Å². The van der Waals surface area contributed by atoms with Crippen molar-refractivity contribution in [2.45, 2.75) is 64.7 Å². The number of fused-ring (bicyclic) bond motifs is 2. The van der Waals surface area contributed by atoms with Gasteiger partial charge >= 0.3 is 11.4 Å². The summed E-state index contributed by atoms with van der Waals surface area (Å²) in [6, 6.07) is 4.14. The van der Waals surface area contributed by atoms with Gasteiger partial charge in [0.15, 0.2) is 34.0 Å². The van der Waals surface area contributed by atoms with Crippen molar-refractivity contribution in [3.05, 3.63) is 104 Å². The zero-order valence-corrected chi connectivity index (χ0v) is 40.3. The highest BCUT2D eigenvalue weighted by Crippen LogP contribution is 2.25. The Morgan fingerprint density at radius 2 is 1.08 bits per heavy atom. The van der Waals surface area contributed by atoms with E-state index in [2.05, 4.69) is 78.8 Å². The molecule has 2 aliphatic rings. The van der Waals surface area contributed by atoms with Crippen molar-refractivity contribution in [3.8, 4) is 22.8 Å². The van der Waals surface area contributed by atoms with Gasteiger partial charge < -0.3 is 30.0 Å². The fourth-order valence-corrected chi connectivity index (χ4v) is 8.34. The molecule has 10 heterocycles. The summed E-state index contributed by atoms with van der Waals surface area (Å²) >= 11 is 5.27. The van der Waals surface area contributed by atoms with Gasteiger partial charge in [-0.25, -0.2) is 59.4 Å². The maximum atomic E-state index is 12.7. The predicted octanol–water partition coefficient (Wildman–Crippen LogP) is 1.01. The van der Waals surface area contributed by atoms with E-state index in [1.165, 1.54) is 78.2 Å². The Kier molecular flexibility index (Phi) is 14.2. The molecule has 1 amide bonds. The molecule has 0 bridgehead atoms. The average molecular weight is 989 g/mol. The molecule has 3 N–H and O–H groups in total. The summed E-state index contributed by atoms with van der Waals surface area (Å²) in [5, 5.41) is 2.10. The third kappa shape index (κ3) is 10.3. The number of nitrogen functional groups attached to an aromatic ring is 1. The summed E-state index contributed by atoms with van der Waals surface area (Å²) in [5.74, 6) is 2.71. The van der Waals surface area contributed by atoms with Crippen molar-refractivity contribution in [2.24, 2.45) is 28.2 Å². The zero-order chi connectivity index (χ0) is 50.7. The molecular weight excluding hydrogens is 940 g/mol. The fourth-order valence-electron chi connectivity index (χ4n) is 8.21. The number of aromatic nitrogens is 16. The molecule has 0 radical (unpaired) electrons. The molecule has 27 heteroatoms. The topological polar surface area (TPSA) is 305 Å². The first-order valence-electron chi connectivity index (χ1n) is 22.3. The summed E-state index contributed by atoms with van der Waals surface area (Å²) in [6.07, 6.45) is 17.3. The first-order valence-corrected chi connectivity index (χ1v) is 22.7.